The molecule has 0 radical (unpaired) electrons. The third-order valence-electron chi connectivity index (χ3n) is 3.10. The lowest BCUT2D eigenvalue weighted by molar-refractivity contribution is 0.390. The molecule has 1 unspecified atom stereocenters. The topological polar surface area (TPSA) is 68.0 Å². The highest BCUT2D eigenvalue weighted by molar-refractivity contribution is 5.52. The van der Waals surface area contributed by atoms with Gasteiger partial charge >= 0.3 is 0 Å². The highest BCUT2D eigenvalue weighted by Gasteiger charge is 2.22. The van der Waals surface area contributed by atoms with Crippen LogP contribution in [0.15, 0.2) is 30.7 Å². The quantitative estimate of drug-likeness (QED) is 0.852. The largest absolute Gasteiger partial charge is 0.497 e. The number of hydrogen-bond acceptors (Lipinski definition) is 5. The minimum Gasteiger partial charge on any atom is -0.497 e. The molecule has 1 aromatic heterocycles. The van der Waals surface area contributed by atoms with Crippen LogP contribution in [0.5, 0.6) is 11.5 Å². The van der Waals surface area contributed by atoms with Gasteiger partial charge in [0, 0.05) is 17.8 Å². The molecule has 0 amide bonds. The fourth-order valence-corrected chi connectivity index (χ4v) is 2.14. The van der Waals surface area contributed by atoms with E-state index in [9.17, 15) is 5.26 Å². The van der Waals surface area contributed by atoms with Crippen LogP contribution in [-0.4, -0.2) is 24.2 Å². The summed E-state index contributed by atoms with van der Waals surface area (Å²) in [6.45, 7) is 1.92. The van der Waals surface area contributed by atoms with E-state index in [-0.39, 0.29) is 0 Å². The molecule has 0 aliphatic heterocycles. The Morgan fingerprint density at radius 2 is 2.05 bits per heavy atom. The summed E-state index contributed by atoms with van der Waals surface area (Å²) in [7, 11) is 3.17. The van der Waals surface area contributed by atoms with E-state index >= 15 is 0 Å². The molecular formula is C15H15N3O2. The van der Waals surface area contributed by atoms with E-state index < -0.39 is 5.92 Å². The number of hydrogen-bond donors (Lipinski definition) is 0. The second-order valence-corrected chi connectivity index (χ2v) is 4.26. The van der Waals surface area contributed by atoms with Gasteiger partial charge in [-0.1, -0.05) is 0 Å². The Kier molecular flexibility index (Phi) is 4.16. The lowest BCUT2D eigenvalue weighted by atomic mass is 9.92. The number of methoxy groups -OCH3 is 2. The maximum atomic E-state index is 9.51. The van der Waals surface area contributed by atoms with Gasteiger partial charge in [0.05, 0.1) is 26.0 Å². The van der Waals surface area contributed by atoms with Gasteiger partial charge in [0.25, 0.3) is 0 Å². The molecule has 1 atom stereocenters. The lowest BCUT2D eigenvalue weighted by Gasteiger charge is -2.17. The summed E-state index contributed by atoms with van der Waals surface area (Å²) in [5.41, 5.74) is 2.37. The van der Waals surface area contributed by atoms with Crippen LogP contribution in [0, 0.1) is 18.3 Å². The van der Waals surface area contributed by atoms with Gasteiger partial charge in [-0.25, -0.2) is 9.97 Å². The molecule has 1 heterocycles. The summed E-state index contributed by atoms with van der Waals surface area (Å²) in [5, 5.41) is 9.51. The highest BCUT2D eigenvalue weighted by Crippen LogP contribution is 2.36. The van der Waals surface area contributed by atoms with Gasteiger partial charge in [-0.15, -0.1) is 0 Å². The average Bonchev–Trinajstić information content (AvgIpc) is 2.50. The van der Waals surface area contributed by atoms with E-state index in [1.807, 2.05) is 13.0 Å². The molecule has 0 fully saturated rings. The van der Waals surface area contributed by atoms with Crippen molar-refractivity contribution in [2.75, 3.05) is 14.2 Å². The molecule has 5 heteroatoms. The third-order valence-corrected chi connectivity index (χ3v) is 3.10. The Balaban J connectivity index is 2.58. The summed E-state index contributed by atoms with van der Waals surface area (Å²) in [4.78, 5) is 8.04. The predicted octanol–water partition coefficient (Wildman–Crippen LogP) is 2.46. The van der Waals surface area contributed by atoms with Crippen molar-refractivity contribution in [3.05, 3.63) is 47.5 Å². The summed E-state index contributed by atoms with van der Waals surface area (Å²) < 4.78 is 10.6. The molecule has 5 nitrogen and oxygen atoms in total. The van der Waals surface area contributed by atoms with Gasteiger partial charge in [-0.05, 0) is 24.6 Å². The van der Waals surface area contributed by atoms with Crippen LogP contribution in [0.1, 0.15) is 22.7 Å². The van der Waals surface area contributed by atoms with Crippen molar-refractivity contribution in [2.24, 2.45) is 0 Å². The maximum Gasteiger partial charge on any atom is 0.127 e. The standard InChI is InChI=1S/C15H15N3O2/c1-10-6-11(19-2)7-14(20-3)15(10)12(8-16)13-4-5-17-9-18-13/h4-7,9,12H,1-3H3. The molecule has 0 saturated heterocycles. The molecule has 1 aromatic carbocycles. The number of benzene rings is 1. The van der Waals surface area contributed by atoms with Crippen LogP contribution in [0.4, 0.5) is 0 Å². The van der Waals surface area contributed by atoms with E-state index in [0.717, 1.165) is 11.1 Å². The van der Waals surface area contributed by atoms with E-state index in [2.05, 4.69) is 16.0 Å². The molecule has 102 valence electrons. The van der Waals surface area contributed by atoms with Crippen molar-refractivity contribution in [3.8, 4) is 17.6 Å². The number of ether oxygens (including phenoxy) is 2. The monoisotopic (exact) mass is 269 g/mol. The van der Waals surface area contributed by atoms with Crippen molar-refractivity contribution in [3.63, 3.8) is 0 Å². The first kappa shape index (κ1) is 13.8. The minimum atomic E-state index is -0.501. The number of nitriles is 1. The fraction of sp³-hybridized carbons (Fsp3) is 0.267. The molecule has 20 heavy (non-hydrogen) atoms. The van der Waals surface area contributed by atoms with Crippen LogP contribution in [-0.2, 0) is 0 Å². The van der Waals surface area contributed by atoms with E-state index in [1.165, 1.54) is 6.33 Å². The SMILES string of the molecule is COc1cc(C)c(C(C#N)c2ccncn2)c(OC)c1. The van der Waals surface area contributed by atoms with Gasteiger partial charge in [-0.3, -0.25) is 0 Å². The second kappa shape index (κ2) is 6.02. The Hall–Kier alpha value is -2.61. The van der Waals surface area contributed by atoms with Gasteiger partial charge in [0.15, 0.2) is 0 Å². The normalized spacial score (nSPS) is 11.5. The van der Waals surface area contributed by atoms with E-state index in [1.54, 1.807) is 32.5 Å². The van der Waals surface area contributed by atoms with Crippen molar-refractivity contribution in [1.82, 2.24) is 9.97 Å². The van der Waals surface area contributed by atoms with Crippen LogP contribution in [0.25, 0.3) is 0 Å². The van der Waals surface area contributed by atoms with Gasteiger partial charge in [-0.2, -0.15) is 5.26 Å². The first-order valence-corrected chi connectivity index (χ1v) is 6.09. The zero-order valence-corrected chi connectivity index (χ0v) is 11.6. The Bertz CT molecular complexity index is 636. The highest BCUT2D eigenvalue weighted by atomic mass is 16.5. The number of aromatic nitrogens is 2. The van der Waals surface area contributed by atoms with Gasteiger partial charge in [0.1, 0.15) is 23.7 Å². The van der Waals surface area contributed by atoms with Crippen LogP contribution < -0.4 is 9.47 Å². The molecule has 0 bridgehead atoms. The zero-order chi connectivity index (χ0) is 14.5. The molecule has 0 saturated carbocycles. The lowest BCUT2D eigenvalue weighted by Crippen LogP contribution is -2.06. The summed E-state index contributed by atoms with van der Waals surface area (Å²) in [5.74, 6) is 0.813. The van der Waals surface area contributed by atoms with Gasteiger partial charge < -0.3 is 9.47 Å². The summed E-state index contributed by atoms with van der Waals surface area (Å²) in [6.07, 6.45) is 3.06. The smallest absolute Gasteiger partial charge is 0.127 e. The number of rotatable bonds is 4. The predicted molar refractivity (Wildman–Crippen MR) is 73.8 cm³/mol. The van der Waals surface area contributed by atoms with Crippen LogP contribution in [0.3, 0.4) is 0 Å². The zero-order valence-electron chi connectivity index (χ0n) is 11.6. The summed E-state index contributed by atoms with van der Waals surface area (Å²) >= 11 is 0. The van der Waals surface area contributed by atoms with E-state index in [0.29, 0.717) is 17.2 Å². The fourth-order valence-electron chi connectivity index (χ4n) is 2.14. The first-order valence-electron chi connectivity index (χ1n) is 6.09. The summed E-state index contributed by atoms with van der Waals surface area (Å²) in [6, 6.07) is 7.66. The molecule has 0 aliphatic rings. The maximum absolute atomic E-state index is 9.51. The molecule has 0 aliphatic carbocycles. The number of aryl methyl sites for hydroxylation is 1. The number of nitrogens with zero attached hydrogens (tertiary/aromatic N) is 3. The van der Waals surface area contributed by atoms with Crippen molar-refractivity contribution >= 4 is 0 Å². The molecular weight excluding hydrogens is 254 g/mol. The Morgan fingerprint density at radius 1 is 1.25 bits per heavy atom. The molecule has 0 spiro atoms. The average molecular weight is 269 g/mol. The van der Waals surface area contributed by atoms with Crippen LogP contribution in [0.2, 0.25) is 0 Å². The molecule has 2 rings (SSSR count). The Morgan fingerprint density at radius 3 is 2.60 bits per heavy atom. The van der Waals surface area contributed by atoms with Crippen molar-refractivity contribution < 1.29 is 9.47 Å². The van der Waals surface area contributed by atoms with Crippen molar-refractivity contribution in [2.45, 2.75) is 12.8 Å². The van der Waals surface area contributed by atoms with Crippen molar-refractivity contribution in [1.29, 1.82) is 5.26 Å². The van der Waals surface area contributed by atoms with Gasteiger partial charge in [0.2, 0.25) is 0 Å². The molecule has 0 N–H and O–H groups in total. The van der Waals surface area contributed by atoms with Crippen LogP contribution >= 0.6 is 0 Å². The van der Waals surface area contributed by atoms with E-state index in [4.69, 9.17) is 9.47 Å². The third kappa shape index (κ3) is 2.54. The molecule has 2 aromatic rings. The Labute approximate surface area is 117 Å². The second-order valence-electron chi connectivity index (χ2n) is 4.26. The first-order chi connectivity index (χ1) is 9.71. The minimum absolute atomic E-state index is 0.501.